The van der Waals surface area contributed by atoms with Crippen LogP contribution in [0.3, 0.4) is 0 Å². The number of hydrogen-bond donors (Lipinski definition) is 1. The minimum Gasteiger partial charge on any atom is -0.481 e. The molecule has 6 nitrogen and oxygen atoms in total. The van der Waals surface area contributed by atoms with Crippen molar-refractivity contribution in [3.63, 3.8) is 0 Å². The number of rotatable bonds is 6. The summed E-state index contributed by atoms with van der Waals surface area (Å²) in [5.74, 6) is 2.02. The van der Waals surface area contributed by atoms with E-state index in [1.54, 1.807) is 0 Å². The summed E-state index contributed by atoms with van der Waals surface area (Å²) in [6.07, 6.45) is 4.82. The summed E-state index contributed by atoms with van der Waals surface area (Å²) in [5.41, 5.74) is 0. The van der Waals surface area contributed by atoms with E-state index >= 15 is 0 Å². The molecule has 1 aliphatic heterocycles. The number of carboxylic acids is 1. The lowest BCUT2D eigenvalue weighted by Gasteiger charge is -2.34. The number of hydrogen-bond acceptors (Lipinski definition) is 5. The summed E-state index contributed by atoms with van der Waals surface area (Å²) >= 11 is 0. The number of nitrogens with zero attached hydrogens (tertiary/aromatic N) is 3. The van der Waals surface area contributed by atoms with Crippen molar-refractivity contribution >= 4 is 5.97 Å². The Labute approximate surface area is 124 Å². The lowest BCUT2D eigenvalue weighted by atomic mass is 9.84. The van der Waals surface area contributed by atoms with Gasteiger partial charge < -0.3 is 9.63 Å². The first-order valence-electron chi connectivity index (χ1n) is 7.88. The number of likely N-dealkylation sites (tertiary alicyclic amines) is 1. The molecule has 0 radical (unpaired) electrons. The van der Waals surface area contributed by atoms with E-state index in [0.29, 0.717) is 18.4 Å². The van der Waals surface area contributed by atoms with Gasteiger partial charge in [0.25, 0.3) is 0 Å². The predicted octanol–water partition coefficient (Wildman–Crippen LogP) is 2.27. The van der Waals surface area contributed by atoms with Crippen molar-refractivity contribution in [2.24, 2.45) is 11.8 Å². The Hall–Kier alpha value is -1.43. The van der Waals surface area contributed by atoms with E-state index in [0.717, 1.165) is 37.6 Å². The van der Waals surface area contributed by atoms with Crippen LogP contribution in [-0.4, -0.2) is 39.2 Å². The quantitative estimate of drug-likeness (QED) is 0.866. The molecule has 2 unspecified atom stereocenters. The number of carboxylic acid groups (broad SMARTS) is 1. The molecule has 1 aliphatic carbocycles. The monoisotopic (exact) mass is 293 g/mol. The van der Waals surface area contributed by atoms with Gasteiger partial charge in [0.15, 0.2) is 5.82 Å². The molecule has 2 aliphatic rings. The third kappa shape index (κ3) is 3.81. The Balaban J connectivity index is 1.53. The highest BCUT2D eigenvalue weighted by Gasteiger charge is 2.30. The molecule has 116 valence electrons. The molecule has 1 N–H and O–H groups in total. The second kappa shape index (κ2) is 6.13. The van der Waals surface area contributed by atoms with E-state index in [4.69, 9.17) is 9.63 Å². The smallest absolute Gasteiger partial charge is 0.303 e. The molecule has 2 fully saturated rings. The average Bonchev–Trinajstić information content (AvgIpc) is 3.19. The van der Waals surface area contributed by atoms with Crippen LogP contribution in [0, 0.1) is 11.8 Å². The van der Waals surface area contributed by atoms with Gasteiger partial charge in [0.2, 0.25) is 5.89 Å². The maximum absolute atomic E-state index is 10.9. The zero-order valence-corrected chi connectivity index (χ0v) is 12.5. The Morgan fingerprint density at radius 2 is 2.29 bits per heavy atom. The fourth-order valence-electron chi connectivity index (χ4n) is 3.17. The van der Waals surface area contributed by atoms with Crippen LogP contribution < -0.4 is 0 Å². The van der Waals surface area contributed by atoms with Crippen molar-refractivity contribution in [1.82, 2.24) is 15.0 Å². The van der Waals surface area contributed by atoms with Gasteiger partial charge in [-0.15, -0.1) is 0 Å². The summed E-state index contributed by atoms with van der Waals surface area (Å²) < 4.78 is 5.29. The van der Waals surface area contributed by atoms with Gasteiger partial charge in [0, 0.05) is 18.9 Å². The fraction of sp³-hybridized carbons (Fsp3) is 0.800. The molecule has 6 heteroatoms. The van der Waals surface area contributed by atoms with Crippen molar-refractivity contribution in [1.29, 1.82) is 0 Å². The molecule has 2 atom stereocenters. The van der Waals surface area contributed by atoms with Gasteiger partial charge in [-0.2, -0.15) is 4.98 Å². The number of piperidine rings is 1. The second-order valence-electron chi connectivity index (χ2n) is 6.54. The van der Waals surface area contributed by atoms with E-state index in [9.17, 15) is 4.79 Å². The molecule has 1 saturated heterocycles. The summed E-state index contributed by atoms with van der Waals surface area (Å²) in [4.78, 5) is 17.6. The van der Waals surface area contributed by atoms with Gasteiger partial charge in [-0.25, -0.2) is 0 Å². The van der Waals surface area contributed by atoms with E-state index < -0.39 is 5.97 Å². The topological polar surface area (TPSA) is 79.5 Å². The third-order valence-corrected chi connectivity index (χ3v) is 4.62. The van der Waals surface area contributed by atoms with Crippen LogP contribution >= 0.6 is 0 Å². The van der Waals surface area contributed by atoms with Gasteiger partial charge in [-0.1, -0.05) is 12.1 Å². The first-order valence-corrected chi connectivity index (χ1v) is 7.88. The van der Waals surface area contributed by atoms with Gasteiger partial charge in [-0.05, 0) is 44.1 Å². The summed E-state index contributed by atoms with van der Waals surface area (Å²) in [5, 5.41) is 13.0. The normalized spacial score (nSPS) is 24.9. The SMILES string of the molecule is CC(CC(=O)O)C1CCCN(Cc2noc(C3CC3)n2)C1. The summed E-state index contributed by atoms with van der Waals surface area (Å²) in [6.45, 7) is 4.72. The second-order valence-corrected chi connectivity index (χ2v) is 6.54. The van der Waals surface area contributed by atoms with Gasteiger partial charge in [0.05, 0.1) is 6.54 Å². The molecule has 0 bridgehead atoms. The largest absolute Gasteiger partial charge is 0.481 e. The first kappa shape index (κ1) is 14.5. The molecule has 1 aromatic rings. The van der Waals surface area contributed by atoms with E-state index in [2.05, 4.69) is 15.0 Å². The minimum absolute atomic E-state index is 0.220. The molecule has 0 amide bonds. The Morgan fingerprint density at radius 1 is 1.48 bits per heavy atom. The van der Waals surface area contributed by atoms with Gasteiger partial charge in [-0.3, -0.25) is 9.69 Å². The lowest BCUT2D eigenvalue weighted by Crippen LogP contribution is -2.38. The molecule has 1 aromatic heterocycles. The van der Waals surface area contributed by atoms with Crippen LogP contribution in [0.2, 0.25) is 0 Å². The zero-order valence-electron chi connectivity index (χ0n) is 12.5. The molecular formula is C15H23N3O3. The van der Waals surface area contributed by atoms with Crippen LogP contribution in [0.5, 0.6) is 0 Å². The number of aromatic nitrogens is 2. The molecule has 0 aromatic carbocycles. The van der Waals surface area contributed by atoms with Crippen molar-refractivity contribution in [2.75, 3.05) is 13.1 Å². The highest BCUT2D eigenvalue weighted by atomic mass is 16.5. The lowest BCUT2D eigenvalue weighted by molar-refractivity contribution is -0.138. The maximum atomic E-state index is 10.9. The van der Waals surface area contributed by atoms with E-state index in [-0.39, 0.29) is 12.3 Å². The Bertz CT molecular complexity index is 498. The van der Waals surface area contributed by atoms with Crippen molar-refractivity contribution < 1.29 is 14.4 Å². The highest BCUT2D eigenvalue weighted by molar-refractivity contribution is 5.67. The standard InChI is InChI=1S/C15H23N3O3/c1-10(7-14(19)20)12-3-2-6-18(8-12)9-13-16-15(21-17-13)11-4-5-11/h10-12H,2-9H2,1H3,(H,19,20). The van der Waals surface area contributed by atoms with Crippen LogP contribution in [0.25, 0.3) is 0 Å². The maximum Gasteiger partial charge on any atom is 0.303 e. The fourth-order valence-corrected chi connectivity index (χ4v) is 3.17. The molecule has 3 rings (SSSR count). The van der Waals surface area contributed by atoms with E-state index in [1.165, 1.54) is 12.8 Å². The minimum atomic E-state index is -0.702. The molecule has 2 heterocycles. The summed E-state index contributed by atoms with van der Waals surface area (Å²) in [7, 11) is 0. The molecule has 21 heavy (non-hydrogen) atoms. The number of carbonyl (C=O) groups is 1. The summed E-state index contributed by atoms with van der Waals surface area (Å²) in [6, 6.07) is 0. The predicted molar refractivity (Wildman–Crippen MR) is 75.7 cm³/mol. The molecule has 1 saturated carbocycles. The molecule has 0 spiro atoms. The molecular weight excluding hydrogens is 270 g/mol. The van der Waals surface area contributed by atoms with Crippen molar-refractivity contribution in [3.05, 3.63) is 11.7 Å². The van der Waals surface area contributed by atoms with Crippen LogP contribution in [0.15, 0.2) is 4.52 Å². The highest BCUT2D eigenvalue weighted by Crippen LogP contribution is 2.39. The third-order valence-electron chi connectivity index (χ3n) is 4.62. The average molecular weight is 293 g/mol. The first-order chi connectivity index (χ1) is 10.1. The zero-order chi connectivity index (χ0) is 14.8. The Morgan fingerprint density at radius 3 is 3.00 bits per heavy atom. The van der Waals surface area contributed by atoms with E-state index in [1.807, 2.05) is 6.92 Å². The Kier molecular flexibility index (Phi) is 4.24. The van der Waals surface area contributed by atoms with Gasteiger partial charge >= 0.3 is 5.97 Å². The van der Waals surface area contributed by atoms with Crippen LogP contribution in [0.4, 0.5) is 0 Å². The van der Waals surface area contributed by atoms with Crippen LogP contribution in [0.1, 0.15) is 56.7 Å². The van der Waals surface area contributed by atoms with Crippen LogP contribution in [-0.2, 0) is 11.3 Å². The van der Waals surface area contributed by atoms with Gasteiger partial charge in [0.1, 0.15) is 0 Å². The number of aliphatic carboxylic acids is 1. The van der Waals surface area contributed by atoms with Crippen molar-refractivity contribution in [3.8, 4) is 0 Å². The van der Waals surface area contributed by atoms with Crippen molar-refractivity contribution in [2.45, 2.75) is 51.5 Å².